The standard InChI is InChI=1S/C16H20N2O6/c1-9(19)5-15(21)17-11-7-14(24-4)12(8-13(11)23-3)18-16(22)6-10(2)20/h7-8H,5-6H2,1-4H3,(H,17,21)(H,18,22). The molecule has 1 rings (SSSR count). The Morgan fingerprint density at radius 2 is 1.12 bits per heavy atom. The molecule has 2 N–H and O–H groups in total. The summed E-state index contributed by atoms with van der Waals surface area (Å²) in [6.07, 6.45) is -0.523. The molecule has 2 amide bonds. The van der Waals surface area contributed by atoms with E-state index in [1.165, 1.54) is 40.2 Å². The lowest BCUT2D eigenvalue weighted by Gasteiger charge is -2.16. The summed E-state index contributed by atoms with van der Waals surface area (Å²) in [4.78, 5) is 45.5. The number of amides is 2. The number of hydrogen-bond donors (Lipinski definition) is 2. The summed E-state index contributed by atoms with van der Waals surface area (Å²) in [5.41, 5.74) is 0.593. The van der Waals surface area contributed by atoms with Gasteiger partial charge in [0.2, 0.25) is 11.8 Å². The van der Waals surface area contributed by atoms with Gasteiger partial charge < -0.3 is 20.1 Å². The second kappa shape index (κ2) is 8.66. The maximum atomic E-state index is 11.7. The van der Waals surface area contributed by atoms with E-state index in [4.69, 9.17) is 9.47 Å². The predicted octanol–water partition coefficient (Wildman–Crippen LogP) is 1.54. The fraction of sp³-hybridized carbons (Fsp3) is 0.375. The van der Waals surface area contributed by atoms with E-state index < -0.39 is 11.8 Å². The number of ketones is 2. The van der Waals surface area contributed by atoms with E-state index in [0.29, 0.717) is 11.4 Å². The molecule has 0 radical (unpaired) electrons. The molecule has 0 spiro atoms. The van der Waals surface area contributed by atoms with Crippen molar-refractivity contribution in [1.29, 1.82) is 0 Å². The van der Waals surface area contributed by atoms with Crippen molar-refractivity contribution in [2.24, 2.45) is 0 Å². The zero-order valence-corrected chi connectivity index (χ0v) is 14.0. The maximum Gasteiger partial charge on any atom is 0.231 e. The molecule has 0 aliphatic rings. The zero-order valence-electron chi connectivity index (χ0n) is 14.0. The van der Waals surface area contributed by atoms with Crippen molar-refractivity contribution in [1.82, 2.24) is 0 Å². The molecule has 24 heavy (non-hydrogen) atoms. The first kappa shape index (κ1) is 19.1. The first-order chi connectivity index (χ1) is 11.3. The number of Topliss-reactive ketones (excluding diaryl/α,β-unsaturated/α-hetero) is 2. The van der Waals surface area contributed by atoms with Crippen LogP contribution < -0.4 is 20.1 Å². The third-order valence-electron chi connectivity index (χ3n) is 2.89. The van der Waals surface area contributed by atoms with Gasteiger partial charge in [0.25, 0.3) is 0 Å². The summed E-state index contributed by atoms with van der Waals surface area (Å²) >= 11 is 0. The Labute approximate surface area is 139 Å². The van der Waals surface area contributed by atoms with Crippen LogP contribution in [0.15, 0.2) is 12.1 Å². The smallest absolute Gasteiger partial charge is 0.231 e. The van der Waals surface area contributed by atoms with Gasteiger partial charge in [0, 0.05) is 12.1 Å². The minimum atomic E-state index is -0.490. The highest BCUT2D eigenvalue weighted by atomic mass is 16.5. The molecule has 8 heteroatoms. The van der Waals surface area contributed by atoms with Crippen LogP contribution in [-0.4, -0.2) is 37.6 Å². The molecule has 0 aliphatic heterocycles. The van der Waals surface area contributed by atoms with Gasteiger partial charge in [0.05, 0.1) is 38.4 Å². The molecule has 0 atom stereocenters. The van der Waals surface area contributed by atoms with Crippen molar-refractivity contribution >= 4 is 34.8 Å². The third kappa shape index (κ3) is 5.71. The average molecular weight is 336 g/mol. The number of carbonyl (C=O) groups is 4. The van der Waals surface area contributed by atoms with Crippen LogP contribution in [0.1, 0.15) is 26.7 Å². The highest BCUT2D eigenvalue weighted by Crippen LogP contribution is 2.36. The Balaban J connectivity index is 3.08. The largest absolute Gasteiger partial charge is 0.494 e. The molecule has 8 nitrogen and oxygen atoms in total. The molecule has 0 unspecified atom stereocenters. The zero-order chi connectivity index (χ0) is 18.3. The fourth-order valence-electron chi connectivity index (χ4n) is 1.93. The minimum absolute atomic E-state index is 0.261. The van der Waals surface area contributed by atoms with Crippen molar-refractivity contribution in [2.75, 3.05) is 24.9 Å². The van der Waals surface area contributed by atoms with Gasteiger partial charge in [0.1, 0.15) is 23.1 Å². The lowest BCUT2D eigenvalue weighted by atomic mass is 10.2. The summed E-state index contributed by atoms with van der Waals surface area (Å²) in [5.74, 6) is -0.984. The molecule has 0 fully saturated rings. The molecule has 0 bridgehead atoms. The van der Waals surface area contributed by atoms with Gasteiger partial charge in [-0.25, -0.2) is 0 Å². The van der Waals surface area contributed by atoms with Crippen LogP contribution in [0.3, 0.4) is 0 Å². The van der Waals surface area contributed by atoms with Crippen molar-refractivity contribution in [3.63, 3.8) is 0 Å². The van der Waals surface area contributed by atoms with Gasteiger partial charge in [-0.2, -0.15) is 0 Å². The molecule has 130 valence electrons. The molecular formula is C16H20N2O6. The van der Waals surface area contributed by atoms with E-state index in [-0.39, 0.29) is 35.9 Å². The molecule has 0 heterocycles. The van der Waals surface area contributed by atoms with Gasteiger partial charge in [-0.15, -0.1) is 0 Å². The van der Waals surface area contributed by atoms with Gasteiger partial charge >= 0.3 is 0 Å². The first-order valence-corrected chi connectivity index (χ1v) is 7.11. The Bertz CT molecular complexity index is 611. The van der Waals surface area contributed by atoms with E-state index in [2.05, 4.69) is 10.6 Å². The van der Waals surface area contributed by atoms with Gasteiger partial charge in [-0.1, -0.05) is 0 Å². The number of ether oxygens (including phenoxy) is 2. The van der Waals surface area contributed by atoms with Crippen molar-refractivity contribution < 1.29 is 28.7 Å². The lowest BCUT2D eigenvalue weighted by Crippen LogP contribution is -2.17. The number of methoxy groups -OCH3 is 2. The Morgan fingerprint density at radius 1 is 0.792 bits per heavy atom. The number of hydrogen-bond acceptors (Lipinski definition) is 6. The molecule has 0 aromatic heterocycles. The second-order valence-electron chi connectivity index (χ2n) is 5.11. The van der Waals surface area contributed by atoms with Crippen LogP contribution in [0.4, 0.5) is 11.4 Å². The van der Waals surface area contributed by atoms with Crippen LogP contribution in [0.25, 0.3) is 0 Å². The number of anilines is 2. The average Bonchev–Trinajstić information content (AvgIpc) is 2.46. The Kier molecular flexibility index (Phi) is 6.91. The van der Waals surface area contributed by atoms with Crippen molar-refractivity contribution in [3.05, 3.63) is 12.1 Å². The quantitative estimate of drug-likeness (QED) is 0.697. The summed E-state index contributed by atoms with van der Waals surface area (Å²) in [6, 6.07) is 2.92. The van der Waals surface area contributed by atoms with Crippen molar-refractivity contribution in [3.8, 4) is 11.5 Å². The fourth-order valence-corrected chi connectivity index (χ4v) is 1.93. The summed E-state index contributed by atoms with van der Waals surface area (Å²) in [7, 11) is 2.78. The predicted molar refractivity (Wildman–Crippen MR) is 87.4 cm³/mol. The van der Waals surface area contributed by atoms with Crippen LogP contribution in [0.2, 0.25) is 0 Å². The molecular weight excluding hydrogens is 316 g/mol. The minimum Gasteiger partial charge on any atom is -0.494 e. The highest BCUT2D eigenvalue weighted by molar-refractivity contribution is 6.06. The summed E-state index contributed by atoms with van der Waals surface area (Å²) in [6.45, 7) is 2.62. The van der Waals surface area contributed by atoms with E-state index in [1.54, 1.807) is 0 Å². The molecule has 1 aromatic carbocycles. The third-order valence-corrected chi connectivity index (χ3v) is 2.89. The highest BCUT2D eigenvalue weighted by Gasteiger charge is 2.16. The summed E-state index contributed by atoms with van der Waals surface area (Å²) < 4.78 is 10.4. The van der Waals surface area contributed by atoms with E-state index >= 15 is 0 Å². The van der Waals surface area contributed by atoms with E-state index in [9.17, 15) is 19.2 Å². The van der Waals surface area contributed by atoms with Crippen molar-refractivity contribution in [2.45, 2.75) is 26.7 Å². The van der Waals surface area contributed by atoms with Crippen LogP contribution in [0.5, 0.6) is 11.5 Å². The van der Waals surface area contributed by atoms with Crippen LogP contribution in [-0.2, 0) is 19.2 Å². The van der Waals surface area contributed by atoms with Gasteiger partial charge in [-0.3, -0.25) is 19.2 Å². The Hall–Kier alpha value is -2.90. The lowest BCUT2D eigenvalue weighted by molar-refractivity contribution is -0.125. The number of benzene rings is 1. The van der Waals surface area contributed by atoms with Crippen LogP contribution >= 0.6 is 0 Å². The Morgan fingerprint density at radius 3 is 1.38 bits per heavy atom. The first-order valence-electron chi connectivity index (χ1n) is 7.11. The topological polar surface area (TPSA) is 111 Å². The van der Waals surface area contributed by atoms with Crippen LogP contribution in [0, 0.1) is 0 Å². The number of rotatable bonds is 8. The van der Waals surface area contributed by atoms with E-state index in [0.717, 1.165) is 0 Å². The monoisotopic (exact) mass is 336 g/mol. The summed E-state index contributed by atoms with van der Waals surface area (Å²) in [5, 5.41) is 5.10. The maximum absolute atomic E-state index is 11.7. The number of carbonyl (C=O) groups excluding carboxylic acids is 4. The van der Waals surface area contributed by atoms with Gasteiger partial charge in [-0.05, 0) is 13.8 Å². The second-order valence-corrected chi connectivity index (χ2v) is 5.11. The molecule has 0 saturated heterocycles. The number of nitrogens with one attached hydrogen (secondary N) is 2. The molecule has 0 aliphatic carbocycles. The van der Waals surface area contributed by atoms with Gasteiger partial charge in [0.15, 0.2) is 0 Å². The normalized spacial score (nSPS) is 9.83. The SMILES string of the molecule is COc1cc(NC(=O)CC(C)=O)c(OC)cc1NC(=O)CC(C)=O. The van der Waals surface area contributed by atoms with E-state index in [1.807, 2.05) is 0 Å². The molecule has 0 saturated carbocycles. The molecule has 1 aromatic rings.